The summed E-state index contributed by atoms with van der Waals surface area (Å²) in [5.74, 6) is -0.304. The SMILES string of the molecule is O=S1(=O)CCC(S(=O)(=O)NCCCCCO)C1. The minimum Gasteiger partial charge on any atom is -0.396 e. The van der Waals surface area contributed by atoms with Gasteiger partial charge in [-0.05, 0) is 25.7 Å². The first-order valence-electron chi connectivity index (χ1n) is 5.67. The van der Waals surface area contributed by atoms with Gasteiger partial charge < -0.3 is 5.11 Å². The van der Waals surface area contributed by atoms with Crippen molar-refractivity contribution in [1.82, 2.24) is 4.72 Å². The van der Waals surface area contributed by atoms with Crippen molar-refractivity contribution in [2.24, 2.45) is 0 Å². The number of sulfone groups is 1. The molecule has 102 valence electrons. The molecule has 1 rings (SSSR count). The predicted molar refractivity (Wildman–Crippen MR) is 64.9 cm³/mol. The normalized spacial score (nSPS) is 23.9. The van der Waals surface area contributed by atoms with Crippen LogP contribution in [0.4, 0.5) is 0 Å². The first kappa shape index (κ1) is 14.9. The molecule has 0 spiro atoms. The van der Waals surface area contributed by atoms with Crippen LogP contribution < -0.4 is 4.72 Å². The van der Waals surface area contributed by atoms with Gasteiger partial charge in [-0.15, -0.1) is 0 Å². The first-order chi connectivity index (χ1) is 7.87. The molecule has 1 unspecified atom stereocenters. The molecule has 1 saturated heterocycles. The maximum atomic E-state index is 11.7. The van der Waals surface area contributed by atoms with E-state index >= 15 is 0 Å². The summed E-state index contributed by atoms with van der Waals surface area (Å²) in [6.07, 6.45) is 2.25. The zero-order valence-electron chi connectivity index (χ0n) is 9.63. The van der Waals surface area contributed by atoms with Crippen LogP contribution in [0.15, 0.2) is 0 Å². The molecule has 1 fully saturated rings. The summed E-state index contributed by atoms with van der Waals surface area (Å²) in [5.41, 5.74) is 0. The van der Waals surface area contributed by atoms with Gasteiger partial charge in [-0.2, -0.15) is 0 Å². The van der Waals surface area contributed by atoms with E-state index in [9.17, 15) is 16.8 Å². The standard InChI is InChI=1S/C9H19NO5S2/c11-6-3-1-2-5-10-17(14,15)9-4-7-16(12,13)8-9/h9-11H,1-8H2. The Morgan fingerprint density at radius 2 is 1.94 bits per heavy atom. The van der Waals surface area contributed by atoms with Crippen molar-refractivity contribution < 1.29 is 21.9 Å². The van der Waals surface area contributed by atoms with Gasteiger partial charge in [0.2, 0.25) is 10.0 Å². The van der Waals surface area contributed by atoms with E-state index in [1.54, 1.807) is 0 Å². The highest BCUT2D eigenvalue weighted by Gasteiger charge is 2.36. The van der Waals surface area contributed by atoms with Gasteiger partial charge in [-0.1, -0.05) is 0 Å². The van der Waals surface area contributed by atoms with Crippen LogP contribution in [0.5, 0.6) is 0 Å². The van der Waals surface area contributed by atoms with Crippen molar-refractivity contribution in [1.29, 1.82) is 0 Å². The molecule has 2 N–H and O–H groups in total. The van der Waals surface area contributed by atoms with E-state index in [1.807, 2.05) is 0 Å². The van der Waals surface area contributed by atoms with Gasteiger partial charge in [0, 0.05) is 13.2 Å². The molecule has 0 aliphatic carbocycles. The number of aliphatic hydroxyl groups excluding tert-OH is 1. The Morgan fingerprint density at radius 1 is 1.24 bits per heavy atom. The Kier molecular flexibility index (Phi) is 5.36. The largest absolute Gasteiger partial charge is 0.396 e. The Morgan fingerprint density at radius 3 is 2.47 bits per heavy atom. The van der Waals surface area contributed by atoms with Gasteiger partial charge in [-0.25, -0.2) is 21.6 Å². The predicted octanol–water partition coefficient (Wildman–Crippen LogP) is -0.744. The fraction of sp³-hybridized carbons (Fsp3) is 1.00. The van der Waals surface area contributed by atoms with Crippen molar-refractivity contribution in [2.45, 2.75) is 30.9 Å². The zero-order chi connectivity index (χ0) is 12.9. The summed E-state index contributed by atoms with van der Waals surface area (Å²) in [5, 5.41) is 7.75. The van der Waals surface area contributed by atoms with Crippen LogP contribution in [-0.2, 0) is 19.9 Å². The molecule has 6 nitrogen and oxygen atoms in total. The lowest BCUT2D eigenvalue weighted by Gasteiger charge is -2.10. The average molecular weight is 285 g/mol. The Balaban J connectivity index is 2.37. The van der Waals surface area contributed by atoms with Gasteiger partial charge in [0.25, 0.3) is 0 Å². The monoisotopic (exact) mass is 285 g/mol. The van der Waals surface area contributed by atoms with Gasteiger partial charge >= 0.3 is 0 Å². The van der Waals surface area contributed by atoms with E-state index in [0.717, 1.165) is 6.42 Å². The van der Waals surface area contributed by atoms with Crippen molar-refractivity contribution in [3.05, 3.63) is 0 Å². The molecule has 0 aromatic heterocycles. The molecule has 8 heteroatoms. The number of nitrogens with one attached hydrogen (secondary N) is 1. The Bertz CT molecular complexity index is 428. The number of rotatable bonds is 7. The van der Waals surface area contributed by atoms with Crippen LogP contribution in [0.3, 0.4) is 0 Å². The third-order valence-corrected chi connectivity index (χ3v) is 6.63. The second kappa shape index (κ2) is 6.12. The molecule has 0 radical (unpaired) electrons. The lowest BCUT2D eigenvalue weighted by atomic mass is 10.2. The van der Waals surface area contributed by atoms with Crippen molar-refractivity contribution in [3.63, 3.8) is 0 Å². The van der Waals surface area contributed by atoms with Gasteiger partial charge in [-0.3, -0.25) is 0 Å². The van der Waals surface area contributed by atoms with Crippen LogP contribution >= 0.6 is 0 Å². The summed E-state index contributed by atoms with van der Waals surface area (Å²) in [7, 11) is -6.68. The summed E-state index contributed by atoms with van der Waals surface area (Å²) in [6.45, 7) is 0.409. The number of hydrogen-bond acceptors (Lipinski definition) is 5. The van der Waals surface area contributed by atoms with Crippen LogP contribution in [-0.4, -0.2) is 51.8 Å². The number of unbranched alkanes of at least 4 members (excludes halogenated alkanes) is 2. The number of aliphatic hydroxyl groups is 1. The van der Waals surface area contributed by atoms with Gasteiger partial charge in [0.05, 0.1) is 16.8 Å². The maximum absolute atomic E-state index is 11.7. The maximum Gasteiger partial charge on any atom is 0.215 e. The van der Waals surface area contributed by atoms with Crippen molar-refractivity contribution in [3.8, 4) is 0 Å². The van der Waals surface area contributed by atoms with Crippen molar-refractivity contribution in [2.75, 3.05) is 24.7 Å². The molecule has 0 aromatic carbocycles. The van der Waals surface area contributed by atoms with E-state index in [0.29, 0.717) is 19.4 Å². The molecule has 1 heterocycles. The van der Waals surface area contributed by atoms with E-state index in [1.165, 1.54) is 0 Å². The van der Waals surface area contributed by atoms with Gasteiger partial charge in [0.1, 0.15) is 0 Å². The first-order valence-corrected chi connectivity index (χ1v) is 9.04. The minimum atomic E-state index is -3.51. The fourth-order valence-electron chi connectivity index (χ4n) is 1.75. The molecule has 0 saturated carbocycles. The molecular weight excluding hydrogens is 266 g/mol. The number of sulfonamides is 1. The Hall–Kier alpha value is -0.180. The lowest BCUT2D eigenvalue weighted by Crippen LogP contribution is -2.35. The topological polar surface area (TPSA) is 101 Å². The van der Waals surface area contributed by atoms with E-state index in [4.69, 9.17) is 5.11 Å². The zero-order valence-corrected chi connectivity index (χ0v) is 11.3. The molecule has 0 amide bonds. The summed E-state index contributed by atoms with van der Waals surface area (Å²) in [4.78, 5) is 0. The summed E-state index contributed by atoms with van der Waals surface area (Å²) in [6, 6.07) is 0. The average Bonchev–Trinajstić information content (AvgIpc) is 2.59. The third-order valence-electron chi connectivity index (χ3n) is 2.77. The highest BCUT2D eigenvalue weighted by Crippen LogP contribution is 2.18. The van der Waals surface area contributed by atoms with Crippen LogP contribution in [0, 0.1) is 0 Å². The van der Waals surface area contributed by atoms with Crippen LogP contribution in [0.2, 0.25) is 0 Å². The quantitative estimate of drug-likeness (QED) is 0.600. The summed E-state index contributed by atoms with van der Waals surface area (Å²) < 4.78 is 48.2. The van der Waals surface area contributed by atoms with Crippen LogP contribution in [0.25, 0.3) is 0 Å². The second-order valence-corrected chi connectivity index (χ2v) is 8.52. The molecule has 0 aromatic rings. The van der Waals surface area contributed by atoms with E-state index < -0.39 is 25.1 Å². The number of hydrogen-bond donors (Lipinski definition) is 2. The fourth-order valence-corrected chi connectivity index (χ4v) is 5.88. The smallest absolute Gasteiger partial charge is 0.215 e. The molecule has 1 aliphatic heterocycles. The Labute approximate surface area is 102 Å². The molecule has 17 heavy (non-hydrogen) atoms. The molecule has 1 atom stereocenters. The summed E-state index contributed by atoms with van der Waals surface area (Å²) >= 11 is 0. The second-order valence-electron chi connectivity index (χ2n) is 4.25. The van der Waals surface area contributed by atoms with Crippen molar-refractivity contribution >= 4 is 19.9 Å². The third kappa shape index (κ3) is 4.90. The highest BCUT2D eigenvalue weighted by molar-refractivity contribution is 7.95. The van der Waals surface area contributed by atoms with E-state index in [-0.39, 0.29) is 24.5 Å². The minimum absolute atomic E-state index is 0.0386. The molecule has 0 bridgehead atoms. The van der Waals surface area contributed by atoms with Gasteiger partial charge in [0.15, 0.2) is 9.84 Å². The van der Waals surface area contributed by atoms with Crippen LogP contribution in [0.1, 0.15) is 25.7 Å². The highest BCUT2D eigenvalue weighted by atomic mass is 32.2. The van der Waals surface area contributed by atoms with E-state index in [2.05, 4.69) is 4.72 Å². The molecular formula is C9H19NO5S2. The molecule has 1 aliphatic rings. The lowest BCUT2D eigenvalue weighted by molar-refractivity contribution is 0.283.